The van der Waals surface area contributed by atoms with Gasteiger partial charge in [-0.3, -0.25) is 4.79 Å². The van der Waals surface area contributed by atoms with Crippen LogP contribution in [-0.4, -0.2) is 115 Å². The lowest BCUT2D eigenvalue weighted by Crippen LogP contribution is -2.46. The number of hydrogen-bond donors (Lipinski definition) is 4. The molecule has 3 aliphatic heterocycles. The summed E-state index contributed by atoms with van der Waals surface area (Å²) in [4.78, 5) is 38.4. The van der Waals surface area contributed by atoms with Crippen LogP contribution in [0.3, 0.4) is 0 Å². The van der Waals surface area contributed by atoms with E-state index in [0.717, 1.165) is 37.9 Å². The summed E-state index contributed by atoms with van der Waals surface area (Å²) in [5.41, 5.74) is 0.824. The smallest absolute Gasteiger partial charge is 0.409 e. The van der Waals surface area contributed by atoms with Gasteiger partial charge in [-0.2, -0.15) is 0 Å². The Morgan fingerprint density at radius 1 is 1.17 bits per heavy atom. The third-order valence-corrected chi connectivity index (χ3v) is 9.74. The summed E-state index contributed by atoms with van der Waals surface area (Å²) in [5, 5.41) is 25.5. The molecule has 0 unspecified atom stereocenters. The minimum atomic E-state index is -1.12. The second kappa shape index (κ2) is 18.3. The van der Waals surface area contributed by atoms with Crippen molar-refractivity contribution in [3.8, 4) is 0 Å². The van der Waals surface area contributed by atoms with Gasteiger partial charge in [0.15, 0.2) is 0 Å². The molecule has 47 heavy (non-hydrogen) atoms. The molecule has 268 valence electrons. The first-order chi connectivity index (χ1) is 22.2. The molecule has 0 aromatic heterocycles. The summed E-state index contributed by atoms with van der Waals surface area (Å²) in [6.45, 7) is 15.0. The fraction of sp³-hybridized carbons (Fsp3) is 0.800. The van der Waals surface area contributed by atoms with Crippen LogP contribution in [0.4, 0.5) is 4.79 Å². The van der Waals surface area contributed by atoms with E-state index >= 15 is 0 Å². The number of aliphatic hydroxyl groups excluding tert-OH is 1. The van der Waals surface area contributed by atoms with Crippen molar-refractivity contribution in [2.45, 2.75) is 122 Å². The Morgan fingerprint density at radius 3 is 2.51 bits per heavy atom. The van der Waals surface area contributed by atoms with Crippen LogP contribution in [0.1, 0.15) is 80.1 Å². The van der Waals surface area contributed by atoms with Crippen molar-refractivity contribution in [1.29, 1.82) is 0 Å². The zero-order chi connectivity index (χ0) is 34.7. The molecule has 12 heteroatoms. The molecule has 3 rings (SSSR count). The van der Waals surface area contributed by atoms with Crippen LogP contribution in [0.2, 0.25) is 0 Å². The van der Waals surface area contributed by atoms with Crippen LogP contribution in [-0.2, 0) is 28.5 Å². The molecule has 3 fully saturated rings. The van der Waals surface area contributed by atoms with Gasteiger partial charge in [0.1, 0.15) is 6.04 Å². The molecule has 0 bridgehead atoms. The number of rotatable bonds is 17. The van der Waals surface area contributed by atoms with E-state index in [1.54, 1.807) is 18.9 Å². The predicted molar refractivity (Wildman–Crippen MR) is 178 cm³/mol. The Kier molecular flexibility index (Phi) is 15.2. The average molecular weight is 666 g/mol. The number of epoxide rings is 1. The monoisotopic (exact) mass is 665 g/mol. The van der Waals surface area contributed by atoms with E-state index in [9.17, 15) is 24.6 Å². The molecule has 0 radical (unpaired) electrons. The topological polar surface area (TPSA) is 159 Å². The first kappa shape index (κ1) is 38.9. The maximum atomic E-state index is 12.8. The summed E-state index contributed by atoms with van der Waals surface area (Å²) in [6.07, 6.45) is 7.72. The Labute approximate surface area is 280 Å². The summed E-state index contributed by atoms with van der Waals surface area (Å²) >= 11 is 0. The minimum absolute atomic E-state index is 0.0405. The lowest BCUT2D eigenvalue weighted by atomic mass is 9.85. The first-order valence-electron chi connectivity index (χ1n) is 17.3. The minimum Gasteiger partial charge on any atom is -0.480 e. The van der Waals surface area contributed by atoms with Gasteiger partial charge >= 0.3 is 12.1 Å². The van der Waals surface area contributed by atoms with Gasteiger partial charge in [0, 0.05) is 39.2 Å². The van der Waals surface area contributed by atoms with Crippen molar-refractivity contribution in [1.82, 2.24) is 15.5 Å². The van der Waals surface area contributed by atoms with Crippen molar-refractivity contribution in [2.24, 2.45) is 17.8 Å². The van der Waals surface area contributed by atoms with Crippen LogP contribution < -0.4 is 10.6 Å². The van der Waals surface area contributed by atoms with Crippen molar-refractivity contribution in [2.75, 3.05) is 39.9 Å². The molecule has 12 nitrogen and oxygen atoms in total. The lowest BCUT2D eigenvalue weighted by Gasteiger charge is -2.35. The number of ether oxygens (including phenoxy) is 4. The highest BCUT2D eigenvalue weighted by Gasteiger charge is 2.56. The van der Waals surface area contributed by atoms with Crippen LogP contribution in [0, 0.1) is 17.8 Å². The third-order valence-electron chi connectivity index (χ3n) is 9.74. The SMILES string of the molecule is CO[C@H]([C@@H](C)[C@H]1O[C@]1(C)C[C@H](C)/C=C/C=C(\C)[C@H]1O[C@@H](CC(=O)N[C@@H](CCCOC(=O)N2CCNCC2)C(=O)O)CC[C@@H]1C)[C@@H](C)O. The maximum Gasteiger partial charge on any atom is 0.409 e. The number of amides is 2. The number of nitrogens with zero attached hydrogens (tertiary/aromatic N) is 1. The number of carboxylic acids is 1. The first-order valence-corrected chi connectivity index (χ1v) is 17.3. The number of nitrogens with one attached hydrogen (secondary N) is 2. The van der Waals surface area contributed by atoms with Gasteiger partial charge in [-0.1, -0.05) is 39.0 Å². The van der Waals surface area contributed by atoms with Crippen molar-refractivity contribution in [3.63, 3.8) is 0 Å². The van der Waals surface area contributed by atoms with Crippen LogP contribution in [0.5, 0.6) is 0 Å². The number of aliphatic carboxylic acids is 1. The van der Waals surface area contributed by atoms with E-state index in [4.69, 9.17) is 18.9 Å². The van der Waals surface area contributed by atoms with Crippen molar-refractivity contribution < 1.29 is 43.5 Å². The zero-order valence-electron chi connectivity index (χ0n) is 29.4. The van der Waals surface area contributed by atoms with E-state index < -0.39 is 24.2 Å². The number of carbonyl (C=O) groups is 3. The maximum absolute atomic E-state index is 12.8. The number of piperazine rings is 1. The van der Waals surface area contributed by atoms with Crippen LogP contribution >= 0.6 is 0 Å². The molecule has 10 atom stereocenters. The number of aliphatic hydroxyl groups is 1. The van der Waals surface area contributed by atoms with Gasteiger partial charge in [-0.25, -0.2) is 9.59 Å². The van der Waals surface area contributed by atoms with Crippen LogP contribution in [0.15, 0.2) is 23.8 Å². The van der Waals surface area contributed by atoms with Crippen molar-refractivity contribution >= 4 is 18.0 Å². The summed E-state index contributed by atoms with van der Waals surface area (Å²) in [5.74, 6) is -0.837. The number of carboxylic acid groups (broad SMARTS) is 1. The average Bonchev–Trinajstić information content (AvgIpc) is 3.69. The molecule has 0 aromatic rings. The van der Waals surface area contributed by atoms with E-state index in [1.165, 1.54) is 0 Å². The number of methoxy groups -OCH3 is 1. The van der Waals surface area contributed by atoms with Gasteiger partial charge in [-0.05, 0) is 70.3 Å². The summed E-state index contributed by atoms with van der Waals surface area (Å²) in [6, 6.07) is -1.06. The van der Waals surface area contributed by atoms with Gasteiger partial charge in [0.25, 0.3) is 0 Å². The highest BCUT2D eigenvalue weighted by atomic mass is 16.6. The number of hydrogen-bond acceptors (Lipinski definition) is 9. The van der Waals surface area contributed by atoms with Gasteiger partial charge in [0.05, 0.1) is 49.1 Å². The van der Waals surface area contributed by atoms with Crippen molar-refractivity contribution in [3.05, 3.63) is 23.8 Å². The Balaban J connectivity index is 1.43. The lowest BCUT2D eigenvalue weighted by molar-refractivity contribution is -0.143. The fourth-order valence-electron chi connectivity index (χ4n) is 7.13. The predicted octanol–water partition coefficient (Wildman–Crippen LogP) is 3.67. The molecule has 0 spiro atoms. The molecule has 0 aliphatic carbocycles. The standard InChI is InChI=1S/C35H59N3O9/c1-22(21-35(6)32(47-35)25(4)31(44-7)26(5)39)10-8-11-23(2)30-24(3)13-14-27(46-30)20-29(40)37-28(33(41)42)12-9-19-45-34(43)38-17-15-36-16-18-38/h8,10-11,22,24-28,30-32,36,39H,9,12-21H2,1-7H3,(H,37,40)(H,41,42)/b10-8+,23-11+/t22-,24+,25-,26-,27-,28+,30-,31-,32-,35-/m1/s1. The van der Waals surface area contributed by atoms with E-state index in [0.29, 0.717) is 19.5 Å². The number of allylic oxidation sites excluding steroid dienone is 3. The van der Waals surface area contributed by atoms with Gasteiger partial charge in [-0.15, -0.1) is 0 Å². The van der Waals surface area contributed by atoms with E-state index in [2.05, 4.69) is 56.6 Å². The van der Waals surface area contributed by atoms with Crippen LogP contribution in [0.25, 0.3) is 0 Å². The Bertz CT molecular complexity index is 1090. The summed E-state index contributed by atoms with van der Waals surface area (Å²) < 4.78 is 23.2. The Hall–Kier alpha value is -2.51. The molecular formula is C35H59N3O9. The largest absolute Gasteiger partial charge is 0.480 e. The second-order valence-corrected chi connectivity index (χ2v) is 14.0. The fourth-order valence-corrected chi connectivity index (χ4v) is 7.13. The quantitative estimate of drug-likeness (QED) is 0.103. The molecule has 4 N–H and O–H groups in total. The van der Waals surface area contributed by atoms with E-state index in [-0.39, 0.29) is 73.1 Å². The zero-order valence-corrected chi connectivity index (χ0v) is 29.4. The van der Waals surface area contributed by atoms with Gasteiger partial charge < -0.3 is 44.7 Å². The normalized spacial score (nSPS) is 29.9. The molecule has 0 saturated carbocycles. The molecule has 0 aromatic carbocycles. The third kappa shape index (κ3) is 11.8. The highest BCUT2D eigenvalue weighted by molar-refractivity contribution is 5.83. The molecule has 3 saturated heterocycles. The number of carbonyl (C=O) groups excluding carboxylic acids is 2. The summed E-state index contributed by atoms with van der Waals surface area (Å²) in [7, 11) is 1.62. The molecule has 3 aliphatic rings. The molecule has 3 heterocycles. The Morgan fingerprint density at radius 2 is 1.87 bits per heavy atom. The highest BCUT2D eigenvalue weighted by Crippen LogP contribution is 2.47. The van der Waals surface area contributed by atoms with E-state index in [1.807, 2.05) is 6.92 Å². The second-order valence-electron chi connectivity index (χ2n) is 14.0. The molecule has 2 amide bonds. The van der Waals surface area contributed by atoms with Gasteiger partial charge in [0.2, 0.25) is 5.91 Å². The molecular weight excluding hydrogens is 606 g/mol.